The number of hydrogen-bond donors (Lipinski definition) is 2. The number of carbonyl (C=O) groups excluding carboxylic acids is 1. The average molecular weight is 371 g/mol. The fourth-order valence-electron chi connectivity index (χ4n) is 3.06. The Kier molecular flexibility index (Phi) is 5.90. The Hall–Kier alpha value is -3.09. The number of amides is 2. The number of methoxy groups -OCH3 is 1. The first-order valence-corrected chi connectivity index (χ1v) is 8.96. The third-order valence-electron chi connectivity index (χ3n) is 4.47. The molecular formula is C20H25N3O4. The quantitative estimate of drug-likeness (QED) is 0.791. The van der Waals surface area contributed by atoms with Crippen LogP contribution in [-0.2, 0) is 0 Å². The molecule has 0 radical (unpaired) electrons. The lowest BCUT2D eigenvalue weighted by Gasteiger charge is -2.37. The summed E-state index contributed by atoms with van der Waals surface area (Å²) in [5, 5.41) is 12.1. The number of ether oxygens (including phenoxy) is 2. The molecule has 7 nitrogen and oxygen atoms in total. The number of urea groups is 1. The zero-order chi connectivity index (χ0) is 19.2. The van der Waals surface area contributed by atoms with Crippen LogP contribution >= 0.6 is 0 Å². The summed E-state index contributed by atoms with van der Waals surface area (Å²) in [6.45, 7) is 4.49. The molecule has 3 rings (SSSR count). The van der Waals surface area contributed by atoms with Crippen LogP contribution in [0.5, 0.6) is 17.2 Å². The van der Waals surface area contributed by atoms with E-state index in [1.54, 1.807) is 43.2 Å². The fourth-order valence-corrected chi connectivity index (χ4v) is 3.06. The van der Waals surface area contributed by atoms with Gasteiger partial charge in [0.25, 0.3) is 0 Å². The first-order chi connectivity index (χ1) is 13.1. The maximum absolute atomic E-state index is 12.5. The second-order valence-electron chi connectivity index (χ2n) is 6.35. The summed E-state index contributed by atoms with van der Waals surface area (Å²) in [5.74, 6) is 1.60. The summed E-state index contributed by atoms with van der Waals surface area (Å²) >= 11 is 0. The number of carbonyl (C=O) groups is 1. The predicted molar refractivity (Wildman–Crippen MR) is 104 cm³/mol. The standard InChI is InChI=1S/C20H25N3O4/c1-15(27-17-9-7-16(24)8-10-17)21-20(25)23-13-11-22(12-14-23)18-5-3-4-6-19(18)26-2/h3-10,15,24H,11-14H2,1-2H3,(H,21,25). The molecule has 0 aliphatic carbocycles. The summed E-state index contributed by atoms with van der Waals surface area (Å²) in [4.78, 5) is 16.5. The van der Waals surface area contributed by atoms with Crippen LogP contribution in [-0.4, -0.2) is 55.6 Å². The first kappa shape index (κ1) is 18.7. The lowest BCUT2D eigenvalue weighted by molar-refractivity contribution is 0.151. The zero-order valence-electron chi connectivity index (χ0n) is 15.6. The average Bonchev–Trinajstić information content (AvgIpc) is 2.69. The van der Waals surface area contributed by atoms with Gasteiger partial charge in [0, 0.05) is 26.2 Å². The van der Waals surface area contributed by atoms with E-state index >= 15 is 0 Å². The van der Waals surface area contributed by atoms with Crippen molar-refractivity contribution in [2.24, 2.45) is 0 Å². The van der Waals surface area contributed by atoms with Gasteiger partial charge in [0.15, 0.2) is 6.23 Å². The van der Waals surface area contributed by atoms with Crippen LogP contribution in [0.4, 0.5) is 10.5 Å². The monoisotopic (exact) mass is 371 g/mol. The molecule has 1 saturated heterocycles. The van der Waals surface area contributed by atoms with Crippen LogP contribution in [0.2, 0.25) is 0 Å². The minimum absolute atomic E-state index is 0.152. The van der Waals surface area contributed by atoms with E-state index in [-0.39, 0.29) is 11.8 Å². The van der Waals surface area contributed by atoms with Crippen molar-refractivity contribution in [2.75, 3.05) is 38.2 Å². The van der Waals surface area contributed by atoms with Crippen molar-refractivity contribution in [1.29, 1.82) is 0 Å². The van der Waals surface area contributed by atoms with Crippen molar-refractivity contribution in [3.05, 3.63) is 48.5 Å². The number of rotatable bonds is 5. The van der Waals surface area contributed by atoms with Gasteiger partial charge in [0.05, 0.1) is 12.8 Å². The molecule has 0 saturated carbocycles. The Balaban J connectivity index is 1.50. The molecule has 1 heterocycles. The lowest BCUT2D eigenvalue weighted by Crippen LogP contribution is -2.54. The molecule has 0 aromatic heterocycles. The highest BCUT2D eigenvalue weighted by atomic mass is 16.5. The fraction of sp³-hybridized carbons (Fsp3) is 0.350. The molecule has 0 spiro atoms. The molecule has 1 aliphatic rings. The van der Waals surface area contributed by atoms with Gasteiger partial charge in [-0.1, -0.05) is 12.1 Å². The molecular weight excluding hydrogens is 346 g/mol. The van der Waals surface area contributed by atoms with E-state index in [2.05, 4.69) is 10.2 Å². The van der Waals surface area contributed by atoms with Crippen molar-refractivity contribution >= 4 is 11.7 Å². The predicted octanol–water partition coefficient (Wildman–Crippen LogP) is 2.66. The molecule has 1 fully saturated rings. The Morgan fingerprint density at radius 3 is 2.41 bits per heavy atom. The molecule has 144 valence electrons. The van der Waals surface area contributed by atoms with Gasteiger partial charge in [-0.2, -0.15) is 0 Å². The van der Waals surface area contributed by atoms with Crippen LogP contribution in [0.1, 0.15) is 6.92 Å². The molecule has 1 atom stereocenters. The van der Waals surface area contributed by atoms with Gasteiger partial charge < -0.3 is 29.7 Å². The second kappa shape index (κ2) is 8.53. The van der Waals surface area contributed by atoms with Crippen molar-refractivity contribution in [3.8, 4) is 17.2 Å². The van der Waals surface area contributed by atoms with E-state index in [4.69, 9.17) is 9.47 Å². The Labute approximate surface area is 159 Å². The second-order valence-corrected chi connectivity index (χ2v) is 6.35. The molecule has 2 amide bonds. The summed E-state index contributed by atoms with van der Waals surface area (Å²) in [6.07, 6.45) is -0.478. The number of hydrogen-bond acceptors (Lipinski definition) is 5. The van der Waals surface area contributed by atoms with Crippen LogP contribution in [0.3, 0.4) is 0 Å². The van der Waals surface area contributed by atoms with Crippen molar-refractivity contribution < 1.29 is 19.4 Å². The van der Waals surface area contributed by atoms with Crippen LogP contribution in [0, 0.1) is 0 Å². The molecule has 7 heteroatoms. The van der Waals surface area contributed by atoms with Crippen LogP contribution < -0.4 is 19.7 Å². The molecule has 2 aromatic rings. The van der Waals surface area contributed by atoms with Gasteiger partial charge in [-0.3, -0.25) is 0 Å². The molecule has 0 bridgehead atoms. The maximum Gasteiger partial charge on any atom is 0.320 e. The van der Waals surface area contributed by atoms with Crippen molar-refractivity contribution in [1.82, 2.24) is 10.2 Å². The van der Waals surface area contributed by atoms with Gasteiger partial charge in [-0.25, -0.2) is 4.79 Å². The number of anilines is 1. The first-order valence-electron chi connectivity index (χ1n) is 8.96. The third-order valence-corrected chi connectivity index (χ3v) is 4.47. The minimum Gasteiger partial charge on any atom is -0.508 e. The summed E-state index contributed by atoms with van der Waals surface area (Å²) in [5.41, 5.74) is 1.05. The Bertz CT molecular complexity index is 758. The van der Waals surface area contributed by atoms with E-state index in [1.807, 2.05) is 24.3 Å². The normalized spacial score (nSPS) is 15.2. The van der Waals surface area contributed by atoms with Gasteiger partial charge in [-0.05, 0) is 43.3 Å². The largest absolute Gasteiger partial charge is 0.508 e. The van der Waals surface area contributed by atoms with Crippen LogP contribution in [0.15, 0.2) is 48.5 Å². The van der Waals surface area contributed by atoms with Gasteiger partial charge in [0.1, 0.15) is 17.2 Å². The van der Waals surface area contributed by atoms with Crippen molar-refractivity contribution in [2.45, 2.75) is 13.2 Å². The molecule has 2 aromatic carbocycles. The number of phenols is 1. The van der Waals surface area contributed by atoms with Gasteiger partial charge in [-0.15, -0.1) is 0 Å². The SMILES string of the molecule is COc1ccccc1N1CCN(C(=O)NC(C)Oc2ccc(O)cc2)CC1. The summed E-state index contributed by atoms with van der Waals surface area (Å²) in [6, 6.07) is 14.1. The molecule has 2 N–H and O–H groups in total. The summed E-state index contributed by atoms with van der Waals surface area (Å²) in [7, 11) is 1.66. The van der Waals surface area contributed by atoms with E-state index in [0.29, 0.717) is 18.8 Å². The lowest BCUT2D eigenvalue weighted by atomic mass is 10.2. The van der Waals surface area contributed by atoms with Gasteiger partial charge in [0.2, 0.25) is 0 Å². The molecule has 1 unspecified atom stereocenters. The molecule has 27 heavy (non-hydrogen) atoms. The van der Waals surface area contributed by atoms with E-state index < -0.39 is 6.23 Å². The molecule has 1 aliphatic heterocycles. The highest BCUT2D eigenvalue weighted by molar-refractivity contribution is 5.75. The number of nitrogens with zero attached hydrogens (tertiary/aromatic N) is 2. The highest BCUT2D eigenvalue weighted by Gasteiger charge is 2.23. The number of aromatic hydroxyl groups is 1. The number of piperazine rings is 1. The number of phenolic OH excluding ortho intramolecular Hbond substituents is 1. The van der Waals surface area contributed by atoms with E-state index in [0.717, 1.165) is 24.5 Å². The highest BCUT2D eigenvalue weighted by Crippen LogP contribution is 2.28. The van der Waals surface area contributed by atoms with E-state index in [9.17, 15) is 9.90 Å². The summed E-state index contributed by atoms with van der Waals surface area (Å²) < 4.78 is 11.1. The maximum atomic E-state index is 12.5. The topological polar surface area (TPSA) is 74.3 Å². The Morgan fingerprint density at radius 2 is 1.74 bits per heavy atom. The van der Waals surface area contributed by atoms with E-state index in [1.165, 1.54) is 0 Å². The number of para-hydroxylation sites is 2. The van der Waals surface area contributed by atoms with Crippen LogP contribution in [0.25, 0.3) is 0 Å². The van der Waals surface area contributed by atoms with Gasteiger partial charge >= 0.3 is 6.03 Å². The smallest absolute Gasteiger partial charge is 0.320 e. The van der Waals surface area contributed by atoms with Crippen molar-refractivity contribution in [3.63, 3.8) is 0 Å². The number of benzene rings is 2. The minimum atomic E-state index is -0.478. The zero-order valence-corrected chi connectivity index (χ0v) is 15.6. The third kappa shape index (κ3) is 4.75. The Morgan fingerprint density at radius 1 is 1.07 bits per heavy atom. The number of nitrogens with one attached hydrogen (secondary N) is 1.